The van der Waals surface area contributed by atoms with Crippen LogP contribution in [0.2, 0.25) is 0 Å². The number of hydrogen-bond donors (Lipinski definition) is 2. The Morgan fingerprint density at radius 3 is 2.88 bits per heavy atom. The lowest BCUT2D eigenvalue weighted by Crippen LogP contribution is -2.13. The standard InChI is InChI=1S/C14H20N2O/c1-2-7-15-10-12-11-16(8-9-17)14-6-4-3-5-13(12)14/h3-6,11,15,17H,2,7-10H2,1H3. The van der Waals surface area contributed by atoms with Crippen molar-refractivity contribution in [1.29, 1.82) is 0 Å². The van der Waals surface area contributed by atoms with Crippen LogP contribution in [0.4, 0.5) is 0 Å². The van der Waals surface area contributed by atoms with Gasteiger partial charge in [-0.25, -0.2) is 0 Å². The Bertz CT molecular complexity index is 476. The van der Waals surface area contributed by atoms with E-state index >= 15 is 0 Å². The Morgan fingerprint density at radius 1 is 1.29 bits per heavy atom. The molecule has 2 N–H and O–H groups in total. The molecule has 0 aliphatic carbocycles. The first kappa shape index (κ1) is 12.1. The molecule has 1 aromatic heterocycles. The van der Waals surface area contributed by atoms with Gasteiger partial charge in [0.2, 0.25) is 0 Å². The van der Waals surface area contributed by atoms with Crippen LogP contribution in [0, 0.1) is 0 Å². The molecule has 0 unspecified atom stereocenters. The molecule has 92 valence electrons. The van der Waals surface area contributed by atoms with E-state index in [0.717, 1.165) is 19.5 Å². The van der Waals surface area contributed by atoms with E-state index in [-0.39, 0.29) is 6.61 Å². The third-order valence-corrected chi connectivity index (χ3v) is 2.95. The van der Waals surface area contributed by atoms with Crippen LogP contribution in [0.3, 0.4) is 0 Å². The zero-order valence-corrected chi connectivity index (χ0v) is 10.3. The van der Waals surface area contributed by atoms with Gasteiger partial charge in [-0.15, -0.1) is 0 Å². The molecule has 0 spiro atoms. The van der Waals surface area contributed by atoms with Crippen molar-refractivity contribution in [2.24, 2.45) is 0 Å². The van der Waals surface area contributed by atoms with Gasteiger partial charge in [-0.05, 0) is 24.6 Å². The van der Waals surface area contributed by atoms with Crippen LogP contribution in [-0.2, 0) is 13.1 Å². The fraction of sp³-hybridized carbons (Fsp3) is 0.429. The second kappa shape index (κ2) is 5.84. The molecular weight excluding hydrogens is 212 g/mol. The van der Waals surface area contributed by atoms with Gasteiger partial charge in [-0.3, -0.25) is 0 Å². The lowest BCUT2D eigenvalue weighted by atomic mass is 10.2. The smallest absolute Gasteiger partial charge is 0.0610 e. The van der Waals surface area contributed by atoms with E-state index in [1.165, 1.54) is 16.5 Å². The van der Waals surface area contributed by atoms with Crippen molar-refractivity contribution < 1.29 is 5.11 Å². The minimum absolute atomic E-state index is 0.181. The second-order valence-electron chi connectivity index (χ2n) is 4.27. The van der Waals surface area contributed by atoms with Crippen LogP contribution < -0.4 is 5.32 Å². The number of para-hydroxylation sites is 1. The molecule has 0 saturated heterocycles. The summed E-state index contributed by atoms with van der Waals surface area (Å²) in [6, 6.07) is 8.36. The zero-order chi connectivity index (χ0) is 12.1. The van der Waals surface area contributed by atoms with Gasteiger partial charge in [0.25, 0.3) is 0 Å². The maximum atomic E-state index is 9.07. The predicted molar refractivity (Wildman–Crippen MR) is 71.0 cm³/mol. The predicted octanol–water partition coefficient (Wildman–Crippen LogP) is 2.13. The molecule has 1 heterocycles. The molecule has 0 radical (unpaired) electrons. The van der Waals surface area contributed by atoms with Gasteiger partial charge in [0.1, 0.15) is 0 Å². The van der Waals surface area contributed by atoms with E-state index in [1.807, 2.05) is 6.07 Å². The normalized spacial score (nSPS) is 11.2. The number of benzene rings is 1. The van der Waals surface area contributed by atoms with Crippen LogP contribution in [0.25, 0.3) is 10.9 Å². The highest BCUT2D eigenvalue weighted by Gasteiger charge is 2.06. The number of rotatable bonds is 6. The van der Waals surface area contributed by atoms with Gasteiger partial charge in [0.05, 0.1) is 6.61 Å². The van der Waals surface area contributed by atoms with E-state index in [4.69, 9.17) is 5.11 Å². The molecule has 0 saturated carbocycles. The SMILES string of the molecule is CCCNCc1cn(CCO)c2ccccc12. The highest BCUT2D eigenvalue weighted by molar-refractivity contribution is 5.83. The van der Waals surface area contributed by atoms with Gasteiger partial charge in [-0.1, -0.05) is 25.1 Å². The molecule has 1 aromatic carbocycles. The van der Waals surface area contributed by atoms with Gasteiger partial charge in [-0.2, -0.15) is 0 Å². The molecule has 0 aliphatic rings. The fourth-order valence-electron chi connectivity index (χ4n) is 2.16. The summed E-state index contributed by atoms with van der Waals surface area (Å²) in [6.45, 7) is 4.95. The van der Waals surface area contributed by atoms with Crippen LogP contribution >= 0.6 is 0 Å². The number of aliphatic hydroxyl groups excluding tert-OH is 1. The van der Waals surface area contributed by atoms with E-state index in [2.05, 4.69) is 41.2 Å². The summed E-state index contributed by atoms with van der Waals surface area (Å²) in [5.41, 5.74) is 2.51. The minimum Gasteiger partial charge on any atom is -0.395 e. The van der Waals surface area contributed by atoms with E-state index in [9.17, 15) is 0 Å². The summed E-state index contributed by atoms with van der Waals surface area (Å²) in [5, 5.41) is 13.8. The van der Waals surface area contributed by atoms with E-state index in [0.29, 0.717) is 6.54 Å². The number of fused-ring (bicyclic) bond motifs is 1. The number of aliphatic hydroxyl groups is 1. The molecule has 0 bridgehead atoms. The largest absolute Gasteiger partial charge is 0.395 e. The van der Waals surface area contributed by atoms with Gasteiger partial charge < -0.3 is 15.0 Å². The first-order chi connectivity index (χ1) is 8.36. The summed E-state index contributed by atoms with van der Waals surface area (Å²) < 4.78 is 2.12. The lowest BCUT2D eigenvalue weighted by Gasteiger charge is -2.00. The number of aromatic nitrogens is 1. The first-order valence-electron chi connectivity index (χ1n) is 6.25. The van der Waals surface area contributed by atoms with E-state index in [1.54, 1.807) is 0 Å². The Hall–Kier alpha value is -1.32. The first-order valence-corrected chi connectivity index (χ1v) is 6.25. The number of nitrogens with zero attached hydrogens (tertiary/aromatic N) is 1. The van der Waals surface area contributed by atoms with Crippen LogP contribution in [0.1, 0.15) is 18.9 Å². The molecule has 3 heteroatoms. The van der Waals surface area contributed by atoms with Crippen molar-refractivity contribution in [3.05, 3.63) is 36.0 Å². The van der Waals surface area contributed by atoms with Crippen LogP contribution in [-0.4, -0.2) is 22.8 Å². The summed E-state index contributed by atoms with van der Waals surface area (Å²) in [7, 11) is 0. The summed E-state index contributed by atoms with van der Waals surface area (Å²) >= 11 is 0. The van der Waals surface area contributed by atoms with Crippen molar-refractivity contribution in [3.8, 4) is 0 Å². The van der Waals surface area contributed by atoms with Crippen molar-refractivity contribution in [2.45, 2.75) is 26.4 Å². The third-order valence-electron chi connectivity index (χ3n) is 2.95. The van der Waals surface area contributed by atoms with Crippen molar-refractivity contribution in [3.63, 3.8) is 0 Å². The topological polar surface area (TPSA) is 37.2 Å². The highest BCUT2D eigenvalue weighted by atomic mass is 16.3. The second-order valence-corrected chi connectivity index (χ2v) is 4.27. The average molecular weight is 232 g/mol. The molecule has 0 aliphatic heterocycles. The quantitative estimate of drug-likeness (QED) is 0.749. The molecule has 0 atom stereocenters. The molecular formula is C14H20N2O. The Morgan fingerprint density at radius 2 is 2.12 bits per heavy atom. The Kier molecular flexibility index (Phi) is 4.18. The fourth-order valence-corrected chi connectivity index (χ4v) is 2.16. The molecule has 0 amide bonds. The minimum atomic E-state index is 0.181. The van der Waals surface area contributed by atoms with Crippen molar-refractivity contribution in [1.82, 2.24) is 9.88 Å². The van der Waals surface area contributed by atoms with Crippen LogP contribution in [0.5, 0.6) is 0 Å². The molecule has 0 fully saturated rings. The summed E-state index contributed by atoms with van der Waals surface area (Å²) in [4.78, 5) is 0. The average Bonchev–Trinajstić information content (AvgIpc) is 2.70. The molecule has 3 nitrogen and oxygen atoms in total. The summed E-state index contributed by atoms with van der Waals surface area (Å²) in [5.74, 6) is 0. The van der Waals surface area contributed by atoms with Gasteiger partial charge >= 0.3 is 0 Å². The van der Waals surface area contributed by atoms with Crippen molar-refractivity contribution in [2.75, 3.05) is 13.2 Å². The van der Waals surface area contributed by atoms with E-state index < -0.39 is 0 Å². The third kappa shape index (κ3) is 2.68. The lowest BCUT2D eigenvalue weighted by molar-refractivity contribution is 0.278. The van der Waals surface area contributed by atoms with Gasteiger partial charge in [0.15, 0.2) is 0 Å². The zero-order valence-electron chi connectivity index (χ0n) is 10.3. The maximum Gasteiger partial charge on any atom is 0.0610 e. The maximum absolute atomic E-state index is 9.07. The van der Waals surface area contributed by atoms with Crippen LogP contribution in [0.15, 0.2) is 30.5 Å². The Balaban J connectivity index is 2.28. The molecule has 17 heavy (non-hydrogen) atoms. The molecule has 2 rings (SSSR count). The highest BCUT2D eigenvalue weighted by Crippen LogP contribution is 2.21. The van der Waals surface area contributed by atoms with Crippen molar-refractivity contribution >= 4 is 10.9 Å². The molecule has 2 aromatic rings. The number of nitrogens with one attached hydrogen (secondary N) is 1. The summed E-state index contributed by atoms with van der Waals surface area (Å²) in [6.07, 6.45) is 3.29. The van der Waals surface area contributed by atoms with Gasteiger partial charge in [0, 0.05) is 30.2 Å². The Labute approximate surface area is 102 Å². The monoisotopic (exact) mass is 232 g/mol. The number of hydrogen-bond acceptors (Lipinski definition) is 2.